The van der Waals surface area contributed by atoms with Crippen LogP contribution in [0, 0.1) is 24.7 Å². The van der Waals surface area contributed by atoms with Crippen LogP contribution in [0.2, 0.25) is 0 Å². The van der Waals surface area contributed by atoms with Crippen LogP contribution in [0.15, 0.2) is 76.7 Å². The van der Waals surface area contributed by atoms with Crippen LogP contribution in [0.1, 0.15) is 22.3 Å². The lowest BCUT2D eigenvalue weighted by Crippen LogP contribution is -2.42. The van der Waals surface area contributed by atoms with Gasteiger partial charge in [0.25, 0.3) is 0 Å². The van der Waals surface area contributed by atoms with Crippen molar-refractivity contribution in [2.24, 2.45) is 9.98 Å². The third-order valence-corrected chi connectivity index (χ3v) is 8.35. The SMILES string of the molecule is C#Cc1cccc(N(c2cccc(C#C)c2N2CN=Cc3cc(OCCOC)c(OCCOC)cc32)N2CN=Cc3cc(OC)c(OC)cc32)c1. The van der Waals surface area contributed by atoms with Gasteiger partial charge in [0.05, 0.1) is 61.4 Å². The zero-order valence-corrected chi connectivity index (χ0v) is 29.1. The number of fused-ring (bicyclic) bond motifs is 2. The molecule has 0 aliphatic carbocycles. The van der Waals surface area contributed by atoms with E-state index in [1.165, 1.54) is 0 Å². The van der Waals surface area contributed by atoms with Gasteiger partial charge in [-0.3, -0.25) is 15.0 Å². The molecule has 0 fully saturated rings. The zero-order chi connectivity index (χ0) is 35.7. The molecule has 0 unspecified atom stereocenters. The Morgan fingerprint density at radius 1 is 0.686 bits per heavy atom. The second kappa shape index (κ2) is 16.0. The van der Waals surface area contributed by atoms with E-state index in [1.54, 1.807) is 28.4 Å². The molecule has 6 rings (SSSR count). The Hall–Kier alpha value is -6.14. The highest BCUT2D eigenvalue weighted by Gasteiger charge is 2.31. The molecule has 51 heavy (non-hydrogen) atoms. The first kappa shape index (κ1) is 34.7. The second-order valence-electron chi connectivity index (χ2n) is 11.4. The van der Waals surface area contributed by atoms with Gasteiger partial charge in [0, 0.05) is 55.5 Å². The normalized spacial score (nSPS) is 12.7. The molecule has 4 aromatic rings. The minimum Gasteiger partial charge on any atom is -0.493 e. The summed E-state index contributed by atoms with van der Waals surface area (Å²) in [4.78, 5) is 11.6. The van der Waals surface area contributed by atoms with Crippen molar-refractivity contribution in [3.63, 3.8) is 0 Å². The molecule has 2 heterocycles. The molecule has 2 aliphatic heterocycles. The molecule has 0 spiro atoms. The van der Waals surface area contributed by atoms with Crippen molar-refractivity contribution in [2.45, 2.75) is 0 Å². The molecule has 0 aromatic heterocycles. The third-order valence-electron chi connectivity index (χ3n) is 8.35. The van der Waals surface area contributed by atoms with Crippen LogP contribution in [0.3, 0.4) is 0 Å². The van der Waals surface area contributed by atoms with Crippen LogP contribution < -0.4 is 33.9 Å². The highest BCUT2D eigenvalue weighted by Crippen LogP contribution is 2.47. The summed E-state index contributed by atoms with van der Waals surface area (Å²) < 4.78 is 34.1. The molecule has 0 saturated carbocycles. The van der Waals surface area contributed by atoms with E-state index in [0.29, 0.717) is 60.6 Å². The van der Waals surface area contributed by atoms with Crippen molar-refractivity contribution in [1.82, 2.24) is 0 Å². The maximum absolute atomic E-state index is 6.26. The van der Waals surface area contributed by atoms with E-state index in [4.69, 9.17) is 51.3 Å². The van der Waals surface area contributed by atoms with Crippen molar-refractivity contribution in [2.75, 3.05) is 83.1 Å². The summed E-state index contributed by atoms with van der Waals surface area (Å²) in [5.41, 5.74) is 7.03. The Morgan fingerprint density at radius 2 is 1.31 bits per heavy atom. The first-order chi connectivity index (χ1) is 25.0. The Bertz CT molecular complexity index is 2030. The highest BCUT2D eigenvalue weighted by molar-refractivity contribution is 5.98. The Morgan fingerprint density at radius 3 is 2.00 bits per heavy atom. The van der Waals surface area contributed by atoms with Gasteiger partial charge in [0.15, 0.2) is 23.0 Å². The van der Waals surface area contributed by atoms with Gasteiger partial charge < -0.3 is 33.3 Å². The van der Waals surface area contributed by atoms with E-state index in [2.05, 4.69) is 26.8 Å². The number of aliphatic imine (C=N–C) groups is 2. The summed E-state index contributed by atoms with van der Waals surface area (Å²) in [5, 5.41) is 4.14. The van der Waals surface area contributed by atoms with Gasteiger partial charge in [-0.1, -0.05) is 24.0 Å². The molecule has 0 bridgehead atoms. The lowest BCUT2D eigenvalue weighted by atomic mass is 10.0. The van der Waals surface area contributed by atoms with Gasteiger partial charge in [-0.15, -0.1) is 12.8 Å². The molecular formula is C40H39N5O6. The van der Waals surface area contributed by atoms with E-state index < -0.39 is 0 Å². The van der Waals surface area contributed by atoms with Crippen molar-refractivity contribution in [1.29, 1.82) is 0 Å². The molecule has 0 atom stereocenters. The minimum absolute atomic E-state index is 0.289. The van der Waals surface area contributed by atoms with Crippen LogP contribution in [0.25, 0.3) is 0 Å². The number of hydrogen-bond acceptors (Lipinski definition) is 11. The number of terminal acetylenes is 2. The summed E-state index contributed by atoms with van der Waals surface area (Å²) in [5.74, 6) is 8.00. The molecule has 260 valence electrons. The minimum atomic E-state index is 0.289. The van der Waals surface area contributed by atoms with E-state index in [9.17, 15) is 0 Å². The molecule has 0 amide bonds. The number of benzene rings is 4. The Balaban J connectivity index is 1.56. The third kappa shape index (κ3) is 7.12. The molecule has 11 nitrogen and oxygen atoms in total. The van der Waals surface area contributed by atoms with Gasteiger partial charge in [-0.05, 0) is 42.5 Å². The largest absolute Gasteiger partial charge is 0.493 e. The van der Waals surface area contributed by atoms with E-state index >= 15 is 0 Å². The molecule has 2 aliphatic rings. The maximum Gasteiger partial charge on any atom is 0.163 e. The lowest BCUT2D eigenvalue weighted by Gasteiger charge is -2.42. The summed E-state index contributed by atoms with van der Waals surface area (Å²) in [7, 11) is 6.49. The van der Waals surface area contributed by atoms with E-state index in [0.717, 1.165) is 39.6 Å². The van der Waals surface area contributed by atoms with Gasteiger partial charge in [0.2, 0.25) is 0 Å². The van der Waals surface area contributed by atoms with Crippen molar-refractivity contribution >= 4 is 40.9 Å². The molecule has 11 heteroatoms. The average Bonchev–Trinajstić information content (AvgIpc) is 3.17. The molecule has 0 radical (unpaired) electrons. The molecule has 0 saturated heterocycles. The Labute approximate surface area is 298 Å². The first-order valence-electron chi connectivity index (χ1n) is 16.2. The van der Waals surface area contributed by atoms with Gasteiger partial charge in [-0.25, -0.2) is 5.01 Å². The smallest absolute Gasteiger partial charge is 0.163 e. The highest BCUT2D eigenvalue weighted by atomic mass is 16.5. The Kier molecular flexibility index (Phi) is 10.9. The topological polar surface area (TPSA) is 89.8 Å². The van der Waals surface area contributed by atoms with Crippen LogP contribution in [-0.4, -0.2) is 80.6 Å². The number of para-hydroxylation sites is 1. The van der Waals surface area contributed by atoms with Crippen molar-refractivity contribution < 1.29 is 28.4 Å². The summed E-state index contributed by atoms with van der Waals surface area (Å²) in [6.07, 6.45) is 15.8. The van der Waals surface area contributed by atoms with E-state index in [1.807, 2.05) is 79.2 Å². The predicted octanol–water partition coefficient (Wildman–Crippen LogP) is 6.19. The van der Waals surface area contributed by atoms with Crippen LogP contribution >= 0.6 is 0 Å². The zero-order valence-electron chi connectivity index (χ0n) is 29.1. The fraction of sp³-hybridized carbons (Fsp3) is 0.250. The second-order valence-corrected chi connectivity index (χ2v) is 11.4. The quantitative estimate of drug-likeness (QED) is 0.114. The predicted molar refractivity (Wildman–Crippen MR) is 201 cm³/mol. The van der Waals surface area contributed by atoms with Gasteiger partial charge >= 0.3 is 0 Å². The van der Waals surface area contributed by atoms with Gasteiger partial charge in [0.1, 0.15) is 26.6 Å². The maximum atomic E-state index is 6.26. The number of hydrogen-bond donors (Lipinski definition) is 0. The molecular weight excluding hydrogens is 646 g/mol. The number of ether oxygens (including phenoxy) is 6. The van der Waals surface area contributed by atoms with E-state index in [-0.39, 0.29) is 13.3 Å². The number of anilines is 5. The standard InChI is InChI=1S/C40H39N5O6/c1-7-28-11-9-13-32(19-28)45(44-27-42-25-31-20-36(48-5)37(49-6)23-35(31)44)33-14-10-12-29(8-2)40(33)43-26-41-24-30-21-38(50-17-15-46-3)39(22-34(30)43)51-18-16-47-4/h1-2,9-14,19-25H,15-18,26-27H2,3-6H3. The molecule has 0 N–H and O–H groups in total. The average molecular weight is 686 g/mol. The van der Waals surface area contributed by atoms with Gasteiger partial charge in [-0.2, -0.15) is 0 Å². The van der Waals surface area contributed by atoms with Crippen molar-refractivity contribution in [3.05, 3.63) is 89.0 Å². The van der Waals surface area contributed by atoms with Crippen LogP contribution in [-0.2, 0) is 9.47 Å². The fourth-order valence-electron chi connectivity index (χ4n) is 6.00. The lowest BCUT2D eigenvalue weighted by molar-refractivity contribution is 0.132. The summed E-state index contributed by atoms with van der Waals surface area (Å²) >= 11 is 0. The first-order valence-corrected chi connectivity index (χ1v) is 16.2. The van der Waals surface area contributed by atoms with Crippen LogP contribution in [0.4, 0.5) is 28.4 Å². The fourth-order valence-corrected chi connectivity index (χ4v) is 6.00. The number of hydrazine groups is 1. The summed E-state index contributed by atoms with van der Waals surface area (Å²) in [6, 6.07) is 21.4. The van der Waals surface area contributed by atoms with Crippen LogP contribution in [0.5, 0.6) is 23.0 Å². The number of methoxy groups -OCH3 is 4. The van der Waals surface area contributed by atoms with Crippen molar-refractivity contribution in [3.8, 4) is 47.7 Å². The number of nitrogens with zero attached hydrogens (tertiary/aromatic N) is 5. The monoisotopic (exact) mass is 685 g/mol. The number of rotatable bonds is 14. The molecule has 4 aromatic carbocycles. The summed E-state index contributed by atoms with van der Waals surface area (Å²) in [6.45, 7) is 2.09.